The van der Waals surface area contributed by atoms with Crippen LogP contribution < -0.4 is 5.46 Å². The number of carboxylic acids is 1. The minimum Gasteiger partial charge on any atom is -0.481 e. The van der Waals surface area contributed by atoms with Crippen LogP contribution in [0.3, 0.4) is 0 Å². The molecule has 0 aromatic heterocycles. The number of rotatable bonds is 10. The van der Waals surface area contributed by atoms with Crippen molar-refractivity contribution in [1.82, 2.24) is 4.90 Å². The molecule has 0 atom stereocenters. The number of hydrogen-bond donors (Lipinski definition) is 1. The minimum absolute atomic E-state index is 0.0158. The molecule has 4 rings (SSSR count). The fraction of sp³-hybridized carbons (Fsp3) is 0.500. The van der Waals surface area contributed by atoms with Gasteiger partial charge >= 0.3 is 12.9 Å². The van der Waals surface area contributed by atoms with Crippen molar-refractivity contribution in [3.05, 3.63) is 64.2 Å². The Labute approximate surface area is 216 Å². The molecule has 9 heteroatoms. The molecule has 1 heterocycles. The van der Waals surface area contributed by atoms with Gasteiger partial charge in [0.05, 0.1) is 11.6 Å². The van der Waals surface area contributed by atoms with E-state index in [2.05, 4.69) is 23.0 Å². The number of likely N-dealkylation sites (tertiary alicyclic amines) is 1. The Morgan fingerprint density at radius 2 is 1.81 bits per heavy atom. The summed E-state index contributed by atoms with van der Waals surface area (Å²) in [6.07, 6.45) is 5.52. The Morgan fingerprint density at radius 1 is 1.08 bits per heavy atom. The van der Waals surface area contributed by atoms with E-state index >= 15 is 0 Å². The van der Waals surface area contributed by atoms with Gasteiger partial charge in [0.15, 0.2) is 0 Å². The summed E-state index contributed by atoms with van der Waals surface area (Å²) in [4.78, 5) is 18.6. The zero-order valence-corrected chi connectivity index (χ0v) is 21.6. The van der Waals surface area contributed by atoms with E-state index in [1.165, 1.54) is 6.07 Å². The Hall–Kier alpha value is -2.81. The number of halogens is 3. The highest BCUT2D eigenvalue weighted by Gasteiger charge is 2.33. The molecule has 0 radical (unpaired) electrons. The monoisotopic (exact) mass is 515 g/mol. The van der Waals surface area contributed by atoms with Crippen LogP contribution in [0.25, 0.3) is 0 Å². The first-order valence-corrected chi connectivity index (χ1v) is 13.2. The third kappa shape index (κ3) is 6.75. The van der Waals surface area contributed by atoms with Crippen molar-refractivity contribution in [2.45, 2.75) is 71.4 Å². The van der Waals surface area contributed by atoms with Crippen LogP contribution in [0.2, 0.25) is 0 Å². The first kappa shape index (κ1) is 27.2. The summed E-state index contributed by atoms with van der Waals surface area (Å²) in [5.41, 5.74) is 4.25. The van der Waals surface area contributed by atoms with Crippen LogP contribution in [0.5, 0.6) is 0 Å². The summed E-state index contributed by atoms with van der Waals surface area (Å²) in [5.74, 6) is -1.05. The second kappa shape index (κ2) is 11.7. The molecule has 0 spiro atoms. The summed E-state index contributed by atoms with van der Waals surface area (Å²) in [6, 6.07) is 10.6. The lowest BCUT2D eigenvalue weighted by Crippen LogP contribution is -2.49. The maximum atomic E-state index is 13.9. The highest BCUT2D eigenvalue weighted by molar-refractivity contribution is 6.74. The van der Waals surface area contributed by atoms with E-state index in [4.69, 9.17) is 9.94 Å². The molecule has 1 saturated carbocycles. The van der Waals surface area contributed by atoms with E-state index in [1.807, 2.05) is 19.1 Å². The van der Waals surface area contributed by atoms with Gasteiger partial charge in [-0.25, -0.2) is 0 Å². The number of benzene rings is 2. The standard InChI is InChI=1S/C28H35BF3N2O3/c1-3-21-14-23(10-11-24(21)15-34-16-25(17-34)28(35)36)19(2)33-37-18-20-9-12-26(22-7-5-4-6-8-22)27(13-20)29(30,31)32/h9-14,22,25H,3-8,15-18H2,1-2H3,(H,35,36)/q-1/b33-19+. The lowest BCUT2D eigenvalue weighted by molar-refractivity contribution is -0.147. The van der Waals surface area contributed by atoms with Crippen molar-refractivity contribution in [1.29, 1.82) is 0 Å². The van der Waals surface area contributed by atoms with Crippen LogP contribution >= 0.6 is 0 Å². The summed E-state index contributed by atoms with van der Waals surface area (Å²) in [5, 5.41) is 13.3. The van der Waals surface area contributed by atoms with Crippen molar-refractivity contribution in [3.63, 3.8) is 0 Å². The molecule has 37 heavy (non-hydrogen) atoms. The maximum absolute atomic E-state index is 13.9. The van der Waals surface area contributed by atoms with Gasteiger partial charge < -0.3 is 22.9 Å². The second-order valence-electron chi connectivity index (χ2n) is 10.4. The van der Waals surface area contributed by atoms with Crippen molar-refractivity contribution in [3.8, 4) is 0 Å². The van der Waals surface area contributed by atoms with Crippen molar-refractivity contribution in [2.75, 3.05) is 13.1 Å². The fourth-order valence-electron chi connectivity index (χ4n) is 5.47. The van der Waals surface area contributed by atoms with Gasteiger partial charge in [-0.3, -0.25) is 9.69 Å². The first-order chi connectivity index (χ1) is 17.7. The number of aryl methyl sites for hydroxylation is 1. The van der Waals surface area contributed by atoms with Crippen LogP contribution in [0, 0.1) is 5.92 Å². The molecule has 2 aromatic rings. The Morgan fingerprint density at radius 3 is 2.46 bits per heavy atom. The quantitative estimate of drug-likeness (QED) is 0.247. The lowest BCUT2D eigenvalue weighted by Gasteiger charge is -2.37. The van der Waals surface area contributed by atoms with E-state index in [1.54, 1.807) is 12.1 Å². The molecule has 1 N–H and O–H groups in total. The highest BCUT2D eigenvalue weighted by atomic mass is 19.4. The molecule has 1 saturated heterocycles. The molecular formula is C28H35BF3N2O3-. The van der Waals surface area contributed by atoms with Crippen molar-refractivity contribution < 1.29 is 27.7 Å². The van der Waals surface area contributed by atoms with Gasteiger partial charge in [-0.2, -0.15) is 0 Å². The van der Waals surface area contributed by atoms with E-state index in [0.717, 1.165) is 55.2 Å². The summed E-state index contributed by atoms with van der Waals surface area (Å²) >= 11 is 0. The SMILES string of the molecule is CCc1cc(/C(C)=N/OCc2ccc(C3CCCCC3)c([B-](F)(F)F)c2)ccc1CN1CC(C(=O)O)C1. The molecule has 2 aliphatic rings. The van der Waals surface area contributed by atoms with Crippen LogP contribution in [0.1, 0.15) is 79.7 Å². The van der Waals surface area contributed by atoms with Crippen molar-refractivity contribution in [2.24, 2.45) is 11.1 Å². The van der Waals surface area contributed by atoms with Crippen molar-refractivity contribution >= 4 is 24.1 Å². The normalized spacial score (nSPS) is 18.0. The molecule has 0 bridgehead atoms. The van der Waals surface area contributed by atoms with Gasteiger partial charge in [-0.15, -0.1) is 5.46 Å². The summed E-state index contributed by atoms with van der Waals surface area (Å²) in [7, 11) is 0. The predicted molar refractivity (Wildman–Crippen MR) is 140 cm³/mol. The molecule has 200 valence electrons. The Kier molecular flexibility index (Phi) is 8.62. The minimum atomic E-state index is -5.10. The van der Waals surface area contributed by atoms with E-state index in [-0.39, 0.29) is 18.4 Å². The molecule has 2 fully saturated rings. The van der Waals surface area contributed by atoms with E-state index < -0.39 is 18.4 Å². The third-order valence-corrected chi connectivity index (χ3v) is 7.69. The van der Waals surface area contributed by atoms with Gasteiger partial charge in [0.1, 0.15) is 6.61 Å². The van der Waals surface area contributed by atoms with Crippen LogP contribution in [-0.2, 0) is 29.2 Å². The van der Waals surface area contributed by atoms with Crippen LogP contribution in [0.4, 0.5) is 12.9 Å². The number of aliphatic carboxylic acids is 1. The largest absolute Gasteiger partial charge is 0.509 e. The van der Waals surface area contributed by atoms with Gasteiger partial charge in [-0.05, 0) is 60.4 Å². The molecule has 1 aliphatic carbocycles. The fourth-order valence-corrected chi connectivity index (χ4v) is 5.47. The zero-order chi connectivity index (χ0) is 26.6. The van der Waals surface area contributed by atoms with Gasteiger partial charge in [-0.1, -0.05) is 67.2 Å². The number of nitrogens with zero attached hydrogens (tertiary/aromatic N) is 2. The summed E-state index contributed by atoms with van der Waals surface area (Å²) in [6.45, 7) is 0.587. The van der Waals surface area contributed by atoms with Crippen LogP contribution in [0.15, 0.2) is 41.6 Å². The average molecular weight is 515 g/mol. The molecule has 1 aliphatic heterocycles. The first-order valence-electron chi connectivity index (χ1n) is 13.2. The molecular weight excluding hydrogens is 480 g/mol. The highest BCUT2D eigenvalue weighted by Crippen LogP contribution is 2.33. The zero-order valence-electron chi connectivity index (χ0n) is 21.6. The lowest BCUT2D eigenvalue weighted by atomic mass is 9.70. The molecule has 0 unspecified atom stereocenters. The van der Waals surface area contributed by atoms with E-state index in [0.29, 0.717) is 36.5 Å². The second-order valence-corrected chi connectivity index (χ2v) is 10.4. The average Bonchev–Trinajstić information content (AvgIpc) is 2.85. The number of hydrogen-bond acceptors (Lipinski definition) is 4. The van der Waals surface area contributed by atoms with Gasteiger partial charge in [0.2, 0.25) is 0 Å². The van der Waals surface area contributed by atoms with Gasteiger partial charge in [0.25, 0.3) is 0 Å². The Balaban J connectivity index is 1.40. The molecule has 5 nitrogen and oxygen atoms in total. The summed E-state index contributed by atoms with van der Waals surface area (Å²) < 4.78 is 41.7. The van der Waals surface area contributed by atoms with Crippen LogP contribution in [-0.4, -0.2) is 41.8 Å². The number of carboxylic acid groups (broad SMARTS) is 1. The topological polar surface area (TPSA) is 62.1 Å². The molecule has 0 amide bonds. The maximum Gasteiger partial charge on any atom is 0.509 e. The smallest absolute Gasteiger partial charge is 0.481 e. The number of carbonyl (C=O) groups is 1. The van der Waals surface area contributed by atoms with Gasteiger partial charge in [0, 0.05) is 19.6 Å². The third-order valence-electron chi connectivity index (χ3n) is 7.69. The molecule has 2 aromatic carbocycles. The Bertz CT molecular complexity index is 1140. The number of oxime groups is 1. The van der Waals surface area contributed by atoms with E-state index in [9.17, 15) is 17.7 Å². The predicted octanol–water partition coefficient (Wildman–Crippen LogP) is 5.81.